The first-order valence-corrected chi connectivity index (χ1v) is 10.1. The molecule has 1 aliphatic carbocycles. The Balaban J connectivity index is 1.61. The van der Waals surface area contributed by atoms with Crippen LogP contribution < -0.4 is 0 Å². The minimum atomic E-state index is -0.993. The fraction of sp³-hybridized carbons (Fsp3) is 0.217. The molecule has 136 valence electrons. The molecule has 0 bridgehead atoms. The molecule has 0 aliphatic heterocycles. The van der Waals surface area contributed by atoms with Crippen LogP contribution >= 0.6 is 11.3 Å². The molecule has 0 spiro atoms. The summed E-state index contributed by atoms with van der Waals surface area (Å²) < 4.78 is 0. The third-order valence-electron chi connectivity index (χ3n) is 5.04. The quantitative estimate of drug-likeness (QED) is 0.566. The van der Waals surface area contributed by atoms with Crippen LogP contribution in [-0.2, 0) is 0 Å². The molecule has 4 rings (SSSR count). The third-order valence-corrected chi connectivity index (χ3v) is 6.11. The van der Waals surface area contributed by atoms with E-state index < -0.39 is 5.97 Å². The van der Waals surface area contributed by atoms with E-state index in [9.17, 15) is 9.90 Å². The number of hydrogen-bond acceptors (Lipinski definition) is 3. The van der Waals surface area contributed by atoms with Gasteiger partial charge in [0.25, 0.3) is 0 Å². The SMILES string of the molecule is O=C(O)c1nc(/C=C/c2cccc(C3CCCC3)c2)sc1-c1ccccc1. The van der Waals surface area contributed by atoms with E-state index in [0.29, 0.717) is 15.8 Å². The van der Waals surface area contributed by atoms with Crippen molar-refractivity contribution in [2.45, 2.75) is 31.6 Å². The fourth-order valence-corrected chi connectivity index (χ4v) is 4.65. The number of aromatic carboxylic acids is 1. The van der Waals surface area contributed by atoms with Crippen LogP contribution in [0, 0.1) is 0 Å². The van der Waals surface area contributed by atoms with Crippen molar-refractivity contribution in [2.24, 2.45) is 0 Å². The maximum absolute atomic E-state index is 11.6. The van der Waals surface area contributed by atoms with Crippen molar-refractivity contribution < 1.29 is 9.90 Å². The van der Waals surface area contributed by atoms with Crippen LogP contribution in [-0.4, -0.2) is 16.1 Å². The van der Waals surface area contributed by atoms with Gasteiger partial charge >= 0.3 is 5.97 Å². The minimum Gasteiger partial charge on any atom is -0.476 e. The first-order valence-electron chi connectivity index (χ1n) is 9.28. The topological polar surface area (TPSA) is 50.2 Å². The van der Waals surface area contributed by atoms with Gasteiger partial charge in [0, 0.05) is 0 Å². The zero-order valence-corrected chi connectivity index (χ0v) is 15.8. The molecule has 1 fully saturated rings. The molecule has 0 amide bonds. The highest BCUT2D eigenvalue weighted by molar-refractivity contribution is 7.16. The first kappa shape index (κ1) is 17.7. The molecule has 1 aliphatic rings. The van der Waals surface area contributed by atoms with Gasteiger partial charge in [-0.15, -0.1) is 11.3 Å². The van der Waals surface area contributed by atoms with Gasteiger partial charge in [-0.25, -0.2) is 9.78 Å². The molecule has 0 unspecified atom stereocenters. The Kier molecular flexibility index (Phi) is 5.16. The second-order valence-electron chi connectivity index (χ2n) is 6.89. The maximum Gasteiger partial charge on any atom is 0.356 e. The summed E-state index contributed by atoms with van der Waals surface area (Å²) in [7, 11) is 0. The van der Waals surface area contributed by atoms with Crippen LogP contribution in [0.25, 0.3) is 22.6 Å². The number of benzene rings is 2. The van der Waals surface area contributed by atoms with Crippen LogP contribution in [0.2, 0.25) is 0 Å². The normalized spacial score (nSPS) is 14.8. The molecule has 1 N–H and O–H groups in total. The Labute approximate surface area is 163 Å². The Morgan fingerprint density at radius 1 is 1.04 bits per heavy atom. The van der Waals surface area contributed by atoms with E-state index in [-0.39, 0.29) is 5.69 Å². The van der Waals surface area contributed by atoms with E-state index >= 15 is 0 Å². The number of aromatic nitrogens is 1. The van der Waals surface area contributed by atoms with Crippen LogP contribution in [0.5, 0.6) is 0 Å². The molecule has 1 aromatic heterocycles. The summed E-state index contributed by atoms with van der Waals surface area (Å²) in [5, 5.41) is 10.2. The average molecular weight is 375 g/mol. The van der Waals surface area contributed by atoms with Crippen molar-refractivity contribution in [3.8, 4) is 10.4 Å². The van der Waals surface area contributed by atoms with Crippen LogP contribution in [0.1, 0.15) is 58.2 Å². The lowest BCUT2D eigenvalue weighted by Crippen LogP contribution is -1.98. The molecule has 2 aromatic carbocycles. The summed E-state index contributed by atoms with van der Waals surface area (Å²) >= 11 is 1.41. The molecule has 1 saturated carbocycles. The van der Waals surface area contributed by atoms with Crippen molar-refractivity contribution in [1.82, 2.24) is 4.98 Å². The second-order valence-corrected chi connectivity index (χ2v) is 7.92. The third kappa shape index (κ3) is 4.01. The number of nitrogens with zero attached hydrogens (tertiary/aromatic N) is 1. The number of carboxylic acids is 1. The fourth-order valence-electron chi connectivity index (χ4n) is 3.68. The predicted molar refractivity (Wildman–Crippen MR) is 111 cm³/mol. The predicted octanol–water partition coefficient (Wildman–Crippen LogP) is 6.34. The number of rotatable bonds is 5. The lowest BCUT2D eigenvalue weighted by atomic mass is 9.96. The summed E-state index contributed by atoms with van der Waals surface area (Å²) in [5.41, 5.74) is 3.54. The van der Waals surface area contributed by atoms with Gasteiger partial charge in [-0.3, -0.25) is 0 Å². The standard InChI is InChI=1S/C23H21NO2S/c25-23(26)21-22(18-10-2-1-3-11-18)27-20(24-21)14-13-16-7-6-12-19(15-16)17-8-4-5-9-17/h1-3,6-7,10-15,17H,4-5,8-9H2,(H,25,26)/b14-13+. The van der Waals surface area contributed by atoms with E-state index in [0.717, 1.165) is 11.1 Å². The Hall–Kier alpha value is -2.72. The zero-order chi connectivity index (χ0) is 18.6. The molecule has 4 heteroatoms. The van der Waals surface area contributed by atoms with Gasteiger partial charge < -0.3 is 5.11 Å². The summed E-state index contributed by atoms with van der Waals surface area (Å²) in [5.74, 6) is -0.311. The molecular formula is C23H21NO2S. The monoisotopic (exact) mass is 375 g/mol. The number of carbonyl (C=O) groups is 1. The van der Waals surface area contributed by atoms with Gasteiger partial charge in [0.1, 0.15) is 5.01 Å². The molecule has 0 radical (unpaired) electrons. The Bertz CT molecular complexity index is 969. The highest BCUT2D eigenvalue weighted by Gasteiger charge is 2.18. The van der Waals surface area contributed by atoms with E-state index in [4.69, 9.17) is 0 Å². The first-order chi connectivity index (χ1) is 13.2. The molecular weight excluding hydrogens is 354 g/mol. The summed E-state index contributed by atoms with van der Waals surface area (Å²) in [4.78, 5) is 16.6. The second kappa shape index (κ2) is 7.89. The van der Waals surface area contributed by atoms with E-state index in [1.165, 1.54) is 42.6 Å². The van der Waals surface area contributed by atoms with Crippen molar-refractivity contribution in [2.75, 3.05) is 0 Å². The average Bonchev–Trinajstić information content (AvgIpc) is 3.37. The van der Waals surface area contributed by atoms with Crippen LogP contribution in [0.15, 0.2) is 54.6 Å². The van der Waals surface area contributed by atoms with E-state index in [2.05, 4.69) is 29.2 Å². The van der Waals surface area contributed by atoms with Gasteiger partial charge in [-0.05, 0) is 41.5 Å². The van der Waals surface area contributed by atoms with Gasteiger partial charge in [0.15, 0.2) is 5.69 Å². The molecule has 0 atom stereocenters. The Morgan fingerprint density at radius 2 is 1.81 bits per heavy atom. The summed E-state index contributed by atoms with van der Waals surface area (Å²) in [6.45, 7) is 0. The zero-order valence-electron chi connectivity index (χ0n) is 15.0. The summed E-state index contributed by atoms with van der Waals surface area (Å²) in [6.07, 6.45) is 9.15. The highest BCUT2D eigenvalue weighted by atomic mass is 32.1. The molecule has 1 heterocycles. The van der Waals surface area contributed by atoms with Gasteiger partial charge in [0.2, 0.25) is 0 Å². The van der Waals surface area contributed by atoms with Crippen molar-refractivity contribution in [3.05, 3.63) is 76.4 Å². The van der Waals surface area contributed by atoms with Gasteiger partial charge in [-0.2, -0.15) is 0 Å². The highest BCUT2D eigenvalue weighted by Crippen LogP contribution is 2.35. The van der Waals surface area contributed by atoms with Crippen molar-refractivity contribution in [1.29, 1.82) is 0 Å². The Morgan fingerprint density at radius 3 is 2.56 bits per heavy atom. The van der Waals surface area contributed by atoms with Crippen molar-refractivity contribution >= 4 is 29.5 Å². The lowest BCUT2D eigenvalue weighted by molar-refractivity contribution is 0.0692. The smallest absolute Gasteiger partial charge is 0.356 e. The van der Waals surface area contributed by atoms with E-state index in [1.807, 2.05) is 42.5 Å². The molecule has 3 aromatic rings. The van der Waals surface area contributed by atoms with E-state index in [1.54, 1.807) is 0 Å². The molecule has 0 saturated heterocycles. The van der Waals surface area contributed by atoms with Crippen LogP contribution in [0.4, 0.5) is 0 Å². The molecule has 27 heavy (non-hydrogen) atoms. The minimum absolute atomic E-state index is 0.116. The number of carboxylic acid groups (broad SMARTS) is 1. The number of thiazole rings is 1. The van der Waals surface area contributed by atoms with Gasteiger partial charge in [0.05, 0.1) is 4.88 Å². The van der Waals surface area contributed by atoms with Crippen LogP contribution in [0.3, 0.4) is 0 Å². The van der Waals surface area contributed by atoms with Gasteiger partial charge in [-0.1, -0.05) is 73.5 Å². The largest absolute Gasteiger partial charge is 0.476 e. The lowest BCUT2D eigenvalue weighted by Gasteiger charge is -2.09. The maximum atomic E-state index is 11.6. The number of hydrogen-bond donors (Lipinski definition) is 1. The summed E-state index contributed by atoms with van der Waals surface area (Å²) in [6, 6.07) is 18.2. The molecule has 3 nitrogen and oxygen atoms in total. The van der Waals surface area contributed by atoms with Crippen molar-refractivity contribution in [3.63, 3.8) is 0 Å².